The third-order valence-corrected chi connectivity index (χ3v) is 7.27. The van der Waals surface area contributed by atoms with Crippen LogP contribution in [0.3, 0.4) is 0 Å². The molecule has 0 spiro atoms. The van der Waals surface area contributed by atoms with Gasteiger partial charge in [-0.2, -0.15) is 4.98 Å². The van der Waals surface area contributed by atoms with Crippen LogP contribution < -0.4 is 21.1 Å². The number of piperazine rings is 1. The molecule has 2 fully saturated rings. The van der Waals surface area contributed by atoms with Gasteiger partial charge in [-0.15, -0.1) is 0 Å². The lowest BCUT2D eigenvalue weighted by molar-refractivity contribution is 0.186. The van der Waals surface area contributed by atoms with Crippen LogP contribution in [-0.4, -0.2) is 40.7 Å². The van der Waals surface area contributed by atoms with Crippen molar-refractivity contribution in [3.05, 3.63) is 52.9 Å². The fourth-order valence-electron chi connectivity index (χ4n) is 5.15. The van der Waals surface area contributed by atoms with Crippen molar-refractivity contribution in [3.63, 3.8) is 0 Å². The van der Waals surface area contributed by atoms with Crippen LogP contribution >= 0.6 is 0 Å². The van der Waals surface area contributed by atoms with E-state index < -0.39 is 0 Å². The van der Waals surface area contributed by atoms with Crippen LogP contribution in [-0.2, 0) is 0 Å². The zero-order valence-corrected chi connectivity index (χ0v) is 18.9. The van der Waals surface area contributed by atoms with E-state index in [4.69, 9.17) is 4.98 Å². The number of rotatable bonds is 4. The van der Waals surface area contributed by atoms with Gasteiger partial charge in [0.15, 0.2) is 0 Å². The van der Waals surface area contributed by atoms with Crippen molar-refractivity contribution in [2.24, 2.45) is 11.8 Å². The van der Waals surface area contributed by atoms with Gasteiger partial charge in [0.05, 0.1) is 0 Å². The molecule has 0 amide bonds. The Labute approximate surface area is 188 Å². The molecule has 1 aliphatic heterocycles. The van der Waals surface area contributed by atoms with E-state index >= 15 is 0 Å². The van der Waals surface area contributed by atoms with Gasteiger partial charge < -0.3 is 15.5 Å². The van der Waals surface area contributed by atoms with E-state index in [1.165, 1.54) is 12.1 Å². The summed E-state index contributed by atoms with van der Waals surface area (Å²) in [5.74, 6) is 1.56. The zero-order chi connectivity index (χ0) is 22.1. The molecule has 3 aromatic rings. The maximum Gasteiger partial charge on any atom is 0.252 e. The summed E-state index contributed by atoms with van der Waals surface area (Å²) in [4.78, 5) is 24.6. The molecule has 7 heteroatoms. The highest BCUT2D eigenvalue weighted by Gasteiger charge is 2.30. The summed E-state index contributed by atoms with van der Waals surface area (Å²) in [6, 6.07) is 12.1. The highest BCUT2D eigenvalue weighted by molar-refractivity contribution is 5.76. The average Bonchev–Trinajstić information content (AvgIpc) is 2.82. The summed E-state index contributed by atoms with van der Waals surface area (Å²) < 4.78 is 1.91. The third kappa shape index (κ3) is 4.09. The molecule has 1 aliphatic carbocycles. The normalized spacial score (nSPS) is 23.9. The van der Waals surface area contributed by atoms with Gasteiger partial charge in [-0.25, -0.2) is 4.98 Å². The Hall–Kier alpha value is -2.93. The van der Waals surface area contributed by atoms with E-state index in [1.807, 2.05) is 16.8 Å². The van der Waals surface area contributed by atoms with Crippen LogP contribution in [0.5, 0.6) is 0 Å². The number of hydrogen-bond acceptors (Lipinski definition) is 6. The number of nitrogens with zero attached hydrogens (tertiary/aromatic N) is 4. The number of anilines is 3. The second-order valence-electron chi connectivity index (χ2n) is 9.26. The van der Waals surface area contributed by atoms with E-state index in [-0.39, 0.29) is 11.6 Å². The molecule has 0 radical (unpaired) electrons. The summed E-state index contributed by atoms with van der Waals surface area (Å²) in [5, 5.41) is 7.61. The first-order chi connectivity index (χ1) is 15.6. The Balaban J connectivity index is 1.43. The molecule has 7 nitrogen and oxygen atoms in total. The smallest absolute Gasteiger partial charge is 0.252 e. The van der Waals surface area contributed by atoms with Gasteiger partial charge in [0.2, 0.25) is 5.95 Å². The van der Waals surface area contributed by atoms with Crippen molar-refractivity contribution in [1.29, 1.82) is 0 Å². The SMILES string of the molecule is CC1CCCC(n2c(=O)ccc3cnc(Nc4ccc(N5CCNCC5)cc4)nc32)C1C. The lowest BCUT2D eigenvalue weighted by atomic mass is 9.78. The maximum absolute atomic E-state index is 12.9. The van der Waals surface area contributed by atoms with Gasteiger partial charge >= 0.3 is 0 Å². The largest absolute Gasteiger partial charge is 0.369 e. The minimum atomic E-state index is 0.0217. The van der Waals surface area contributed by atoms with E-state index in [2.05, 4.69) is 58.6 Å². The van der Waals surface area contributed by atoms with E-state index in [0.717, 1.165) is 55.7 Å². The van der Waals surface area contributed by atoms with Gasteiger partial charge in [0, 0.05) is 61.2 Å². The number of pyridine rings is 1. The zero-order valence-electron chi connectivity index (χ0n) is 18.9. The number of fused-ring (bicyclic) bond motifs is 1. The molecule has 0 bridgehead atoms. The Morgan fingerprint density at radius 1 is 1.03 bits per heavy atom. The average molecular weight is 433 g/mol. The molecule has 3 unspecified atom stereocenters. The highest BCUT2D eigenvalue weighted by atomic mass is 16.1. The molecule has 3 atom stereocenters. The summed E-state index contributed by atoms with van der Waals surface area (Å²) in [7, 11) is 0. The number of aromatic nitrogens is 3. The minimum absolute atomic E-state index is 0.0217. The molecule has 168 valence electrons. The highest BCUT2D eigenvalue weighted by Crippen LogP contribution is 2.38. The van der Waals surface area contributed by atoms with Crippen LogP contribution in [0.4, 0.5) is 17.3 Å². The van der Waals surface area contributed by atoms with Crippen LogP contribution in [0, 0.1) is 11.8 Å². The van der Waals surface area contributed by atoms with Crippen molar-refractivity contribution in [2.75, 3.05) is 36.4 Å². The molecule has 2 aromatic heterocycles. The molecule has 5 rings (SSSR count). The van der Waals surface area contributed by atoms with E-state index in [1.54, 1.807) is 6.07 Å². The molecule has 1 saturated carbocycles. The standard InChI is InChI=1S/C25H32N6O/c1-17-4-3-5-22(18(17)2)31-23(32)11-6-19-16-27-25(29-24(19)31)28-20-7-9-21(10-8-20)30-14-12-26-13-15-30/h6-11,16-18,22,26H,3-5,12-15H2,1-2H3,(H,27,28,29). The lowest BCUT2D eigenvalue weighted by Gasteiger charge is -2.35. The molecule has 3 heterocycles. The van der Waals surface area contributed by atoms with Crippen LogP contribution in [0.25, 0.3) is 11.0 Å². The van der Waals surface area contributed by atoms with Crippen molar-refractivity contribution in [3.8, 4) is 0 Å². The summed E-state index contributed by atoms with van der Waals surface area (Å²) in [5.41, 5.74) is 2.91. The Morgan fingerprint density at radius 2 is 1.81 bits per heavy atom. The summed E-state index contributed by atoms with van der Waals surface area (Å²) >= 11 is 0. The monoisotopic (exact) mass is 432 g/mol. The number of nitrogens with one attached hydrogen (secondary N) is 2. The van der Waals surface area contributed by atoms with Gasteiger partial charge in [-0.1, -0.05) is 26.7 Å². The minimum Gasteiger partial charge on any atom is -0.369 e. The first-order valence-corrected chi connectivity index (χ1v) is 11.8. The van der Waals surface area contributed by atoms with Crippen molar-refractivity contribution < 1.29 is 0 Å². The van der Waals surface area contributed by atoms with Crippen LogP contribution in [0.15, 0.2) is 47.4 Å². The van der Waals surface area contributed by atoms with Gasteiger partial charge in [-0.05, 0) is 48.6 Å². The Morgan fingerprint density at radius 3 is 2.59 bits per heavy atom. The van der Waals surface area contributed by atoms with E-state index in [0.29, 0.717) is 17.8 Å². The molecular weight excluding hydrogens is 400 g/mol. The van der Waals surface area contributed by atoms with Crippen LogP contribution in [0.1, 0.15) is 39.2 Å². The van der Waals surface area contributed by atoms with Gasteiger partial charge in [-0.3, -0.25) is 9.36 Å². The van der Waals surface area contributed by atoms with Crippen molar-refractivity contribution in [2.45, 2.75) is 39.2 Å². The number of hydrogen-bond donors (Lipinski definition) is 2. The molecule has 2 N–H and O–H groups in total. The second-order valence-corrected chi connectivity index (χ2v) is 9.26. The van der Waals surface area contributed by atoms with Gasteiger partial charge in [0.25, 0.3) is 5.56 Å². The third-order valence-electron chi connectivity index (χ3n) is 7.27. The maximum atomic E-state index is 12.9. The topological polar surface area (TPSA) is 75.1 Å². The second kappa shape index (κ2) is 8.90. The first kappa shape index (κ1) is 20.9. The Bertz CT molecular complexity index is 1140. The molecule has 2 aliphatic rings. The summed E-state index contributed by atoms with van der Waals surface area (Å²) in [6.45, 7) is 8.64. The fourth-order valence-corrected chi connectivity index (χ4v) is 5.15. The summed E-state index contributed by atoms with van der Waals surface area (Å²) in [6.07, 6.45) is 5.20. The molecule has 1 aromatic carbocycles. The predicted molar refractivity (Wildman–Crippen MR) is 130 cm³/mol. The quantitative estimate of drug-likeness (QED) is 0.650. The first-order valence-electron chi connectivity index (χ1n) is 11.8. The fraction of sp³-hybridized carbons (Fsp3) is 0.480. The van der Waals surface area contributed by atoms with Crippen molar-refractivity contribution in [1.82, 2.24) is 19.9 Å². The number of benzene rings is 1. The van der Waals surface area contributed by atoms with Crippen LogP contribution in [0.2, 0.25) is 0 Å². The van der Waals surface area contributed by atoms with E-state index in [9.17, 15) is 4.79 Å². The molecular formula is C25H32N6O. The molecule has 32 heavy (non-hydrogen) atoms. The molecule has 1 saturated heterocycles. The van der Waals surface area contributed by atoms with Crippen molar-refractivity contribution >= 4 is 28.4 Å². The predicted octanol–water partition coefficient (Wildman–Crippen LogP) is 3.94. The Kier molecular flexibility index (Phi) is 5.83. The van der Waals surface area contributed by atoms with Gasteiger partial charge in [0.1, 0.15) is 5.65 Å². The lowest BCUT2D eigenvalue weighted by Crippen LogP contribution is -2.43.